The van der Waals surface area contributed by atoms with Gasteiger partial charge in [-0.2, -0.15) is 5.10 Å². The van der Waals surface area contributed by atoms with Crippen LogP contribution in [-0.4, -0.2) is 52.9 Å². The summed E-state index contributed by atoms with van der Waals surface area (Å²) in [5.74, 6) is 2.96. The summed E-state index contributed by atoms with van der Waals surface area (Å²) in [4.78, 5) is 16.1. The molecular formula is C28H44N4O2. The Labute approximate surface area is 205 Å². The summed E-state index contributed by atoms with van der Waals surface area (Å²) in [5.41, 5.74) is 1.04. The summed E-state index contributed by atoms with van der Waals surface area (Å²) in [7, 11) is 0. The number of nitrogens with zero attached hydrogens (tertiary/aromatic N) is 3. The molecule has 34 heavy (non-hydrogen) atoms. The number of likely N-dealkylation sites (tertiary alicyclic amines) is 1. The number of nitrogens with one attached hydrogen (secondary N) is 1. The second-order valence-electron chi connectivity index (χ2n) is 12.3. The van der Waals surface area contributed by atoms with Crippen LogP contribution < -0.4 is 10.1 Å². The Morgan fingerprint density at radius 1 is 1.03 bits per heavy atom. The molecule has 1 aromatic rings. The van der Waals surface area contributed by atoms with Gasteiger partial charge in [-0.25, -0.2) is 4.68 Å². The number of carbonyl (C=O) groups is 1. The van der Waals surface area contributed by atoms with E-state index in [4.69, 9.17) is 4.74 Å². The van der Waals surface area contributed by atoms with Gasteiger partial charge in [-0.05, 0) is 87.6 Å². The van der Waals surface area contributed by atoms with Crippen molar-refractivity contribution in [2.45, 2.75) is 102 Å². The van der Waals surface area contributed by atoms with E-state index in [2.05, 4.69) is 15.3 Å². The highest BCUT2D eigenvalue weighted by atomic mass is 16.5. The van der Waals surface area contributed by atoms with Crippen molar-refractivity contribution in [3.8, 4) is 5.88 Å². The molecular weight excluding hydrogens is 424 g/mol. The molecule has 6 fully saturated rings. The standard InChI is InChI=1S/C28H44N4O2/c33-26(30-25-23-16-22-10-7-11-28(25,17-22)18-23)24-19-29-32(15-14-31-12-5-2-6-13-31)27(24)34-20-21-8-3-1-4-9-21/h19,21-23,25H,1-18,20H2,(H,30,33). The van der Waals surface area contributed by atoms with Crippen LogP contribution in [0.3, 0.4) is 0 Å². The molecule has 6 nitrogen and oxygen atoms in total. The maximum absolute atomic E-state index is 13.6. The largest absolute Gasteiger partial charge is 0.477 e. The van der Waals surface area contributed by atoms with Gasteiger partial charge in [-0.1, -0.05) is 38.5 Å². The van der Waals surface area contributed by atoms with Gasteiger partial charge in [0.05, 0.1) is 19.3 Å². The average Bonchev–Trinajstić information content (AvgIpc) is 3.28. The van der Waals surface area contributed by atoms with Crippen LogP contribution in [0.2, 0.25) is 0 Å². The molecule has 6 aliphatic rings. The monoisotopic (exact) mass is 468 g/mol. The summed E-state index contributed by atoms with van der Waals surface area (Å²) in [5, 5.41) is 8.17. The van der Waals surface area contributed by atoms with Gasteiger partial charge in [-0.15, -0.1) is 0 Å². The molecule has 1 aliphatic heterocycles. The minimum atomic E-state index is 0.0426. The zero-order valence-corrected chi connectivity index (χ0v) is 21.0. The molecule has 3 bridgehead atoms. The molecule has 6 heteroatoms. The Morgan fingerprint density at radius 3 is 2.71 bits per heavy atom. The molecule has 4 unspecified atom stereocenters. The van der Waals surface area contributed by atoms with Crippen molar-refractivity contribution >= 4 is 5.91 Å². The minimum Gasteiger partial charge on any atom is -0.477 e. The SMILES string of the molecule is O=C(NC1C2CC3CCCC1(C3)C2)c1cnn(CCN2CCCCC2)c1OCC1CCCCC1. The lowest BCUT2D eigenvalue weighted by atomic mass is 9.44. The third-order valence-electron chi connectivity index (χ3n) is 10.00. The van der Waals surface area contributed by atoms with Crippen LogP contribution >= 0.6 is 0 Å². The van der Waals surface area contributed by atoms with Crippen LogP contribution in [0.5, 0.6) is 5.88 Å². The van der Waals surface area contributed by atoms with E-state index in [1.807, 2.05) is 4.68 Å². The molecule has 7 rings (SSSR count). The average molecular weight is 469 g/mol. The Balaban J connectivity index is 1.15. The van der Waals surface area contributed by atoms with Crippen LogP contribution in [0.1, 0.15) is 100 Å². The first-order chi connectivity index (χ1) is 16.7. The number of hydrogen-bond donors (Lipinski definition) is 1. The van der Waals surface area contributed by atoms with Crippen molar-refractivity contribution in [1.29, 1.82) is 0 Å². The van der Waals surface area contributed by atoms with Crippen LogP contribution in [0.15, 0.2) is 6.20 Å². The van der Waals surface area contributed by atoms with Gasteiger partial charge in [0.2, 0.25) is 5.88 Å². The number of aromatic nitrogens is 2. The second kappa shape index (κ2) is 9.83. The first-order valence-corrected chi connectivity index (χ1v) is 14.4. The maximum Gasteiger partial charge on any atom is 0.258 e. The normalized spacial score (nSPS) is 33.8. The third kappa shape index (κ3) is 4.52. The van der Waals surface area contributed by atoms with E-state index >= 15 is 0 Å². The van der Waals surface area contributed by atoms with Gasteiger partial charge in [-0.3, -0.25) is 4.79 Å². The fourth-order valence-corrected chi connectivity index (χ4v) is 8.25. The fourth-order valence-electron chi connectivity index (χ4n) is 8.25. The molecule has 2 heterocycles. The molecule has 0 aromatic carbocycles. The smallest absolute Gasteiger partial charge is 0.258 e. The van der Waals surface area contributed by atoms with Gasteiger partial charge < -0.3 is 15.0 Å². The van der Waals surface area contributed by atoms with Crippen LogP contribution in [0, 0.1) is 23.2 Å². The molecule has 1 saturated heterocycles. The quantitative estimate of drug-likeness (QED) is 0.582. The molecule has 1 aromatic heterocycles. The highest BCUT2D eigenvalue weighted by molar-refractivity contribution is 5.96. The van der Waals surface area contributed by atoms with Crippen LogP contribution in [0.4, 0.5) is 0 Å². The number of carbonyl (C=O) groups excluding carboxylic acids is 1. The molecule has 1 N–H and O–H groups in total. The Kier molecular flexibility index (Phi) is 6.61. The van der Waals surface area contributed by atoms with Crippen molar-refractivity contribution in [3.05, 3.63) is 11.8 Å². The van der Waals surface area contributed by atoms with Crippen LogP contribution in [-0.2, 0) is 6.54 Å². The van der Waals surface area contributed by atoms with Gasteiger partial charge in [0.25, 0.3) is 5.91 Å². The lowest BCUT2D eigenvalue weighted by molar-refractivity contribution is -0.108. The maximum atomic E-state index is 13.6. The highest BCUT2D eigenvalue weighted by Crippen LogP contribution is 2.63. The first kappa shape index (κ1) is 22.9. The van der Waals surface area contributed by atoms with Crippen molar-refractivity contribution in [3.63, 3.8) is 0 Å². The van der Waals surface area contributed by atoms with E-state index in [1.54, 1.807) is 6.20 Å². The van der Waals surface area contributed by atoms with Crippen molar-refractivity contribution in [2.24, 2.45) is 23.2 Å². The lowest BCUT2D eigenvalue weighted by Crippen LogP contribution is -2.66. The number of ether oxygens (including phenoxy) is 1. The summed E-state index contributed by atoms with van der Waals surface area (Å²) in [6, 6.07) is 0.361. The number of piperidine rings is 1. The van der Waals surface area contributed by atoms with Gasteiger partial charge in [0.15, 0.2) is 0 Å². The van der Waals surface area contributed by atoms with E-state index in [1.165, 1.54) is 103 Å². The van der Waals surface area contributed by atoms with Crippen molar-refractivity contribution in [1.82, 2.24) is 20.0 Å². The topological polar surface area (TPSA) is 59.4 Å². The van der Waals surface area contributed by atoms with Crippen molar-refractivity contribution in [2.75, 3.05) is 26.2 Å². The summed E-state index contributed by atoms with van der Waals surface area (Å²) >= 11 is 0. The minimum absolute atomic E-state index is 0.0426. The molecule has 4 atom stereocenters. The zero-order chi connectivity index (χ0) is 23.0. The Hall–Kier alpha value is -1.56. The lowest BCUT2D eigenvalue weighted by Gasteiger charge is -2.64. The third-order valence-corrected chi connectivity index (χ3v) is 10.00. The second-order valence-corrected chi connectivity index (χ2v) is 12.3. The van der Waals surface area contributed by atoms with E-state index in [0.29, 0.717) is 41.3 Å². The zero-order valence-electron chi connectivity index (χ0n) is 21.0. The predicted octanol–water partition coefficient (Wildman–Crippen LogP) is 5.03. The Morgan fingerprint density at radius 2 is 1.85 bits per heavy atom. The van der Waals surface area contributed by atoms with E-state index in [-0.39, 0.29) is 5.91 Å². The highest BCUT2D eigenvalue weighted by Gasteiger charge is 2.59. The molecule has 188 valence electrons. The van der Waals surface area contributed by atoms with E-state index in [0.717, 1.165) is 19.0 Å². The molecule has 1 spiro atoms. The van der Waals surface area contributed by atoms with E-state index in [9.17, 15) is 4.79 Å². The summed E-state index contributed by atoms with van der Waals surface area (Å²) < 4.78 is 8.41. The number of hydrogen-bond acceptors (Lipinski definition) is 4. The summed E-state index contributed by atoms with van der Waals surface area (Å²) in [6.45, 7) is 4.86. The van der Waals surface area contributed by atoms with Crippen molar-refractivity contribution < 1.29 is 9.53 Å². The first-order valence-electron chi connectivity index (χ1n) is 14.4. The van der Waals surface area contributed by atoms with Gasteiger partial charge >= 0.3 is 0 Å². The molecule has 0 radical (unpaired) electrons. The molecule has 5 saturated carbocycles. The van der Waals surface area contributed by atoms with Crippen LogP contribution in [0.25, 0.3) is 0 Å². The Bertz CT molecular complexity index is 851. The number of amides is 1. The van der Waals surface area contributed by atoms with Gasteiger partial charge in [0, 0.05) is 12.6 Å². The summed E-state index contributed by atoms with van der Waals surface area (Å²) in [6.07, 6.45) is 20.2. The van der Waals surface area contributed by atoms with E-state index < -0.39 is 0 Å². The van der Waals surface area contributed by atoms with Gasteiger partial charge in [0.1, 0.15) is 5.56 Å². The fraction of sp³-hybridized carbons (Fsp3) is 0.857. The number of rotatable bonds is 8. The molecule has 1 amide bonds. The predicted molar refractivity (Wildman–Crippen MR) is 133 cm³/mol. The molecule has 5 aliphatic carbocycles.